The molecule has 2 unspecified atom stereocenters. The van der Waals surface area contributed by atoms with Gasteiger partial charge in [0.25, 0.3) is 10.2 Å². The lowest BCUT2D eigenvalue weighted by molar-refractivity contribution is 0.240. The van der Waals surface area contributed by atoms with Gasteiger partial charge in [0.15, 0.2) is 0 Å². The van der Waals surface area contributed by atoms with E-state index in [4.69, 9.17) is 5.73 Å². The predicted octanol–water partition coefficient (Wildman–Crippen LogP) is 0.710. The number of rotatable bonds is 4. The van der Waals surface area contributed by atoms with Crippen LogP contribution in [-0.4, -0.2) is 37.9 Å². The van der Waals surface area contributed by atoms with Gasteiger partial charge in [-0.05, 0) is 39.5 Å². The molecule has 0 aromatic heterocycles. The quantitative estimate of drug-likeness (QED) is 0.799. The van der Waals surface area contributed by atoms with Gasteiger partial charge < -0.3 is 5.73 Å². The monoisotopic (exact) mass is 285 g/mol. The molecule has 17 heavy (non-hydrogen) atoms. The van der Waals surface area contributed by atoms with Crippen molar-refractivity contribution in [2.75, 3.05) is 13.1 Å². The Bertz CT molecular complexity index is 320. The van der Waals surface area contributed by atoms with Crippen LogP contribution in [0.15, 0.2) is 0 Å². The number of halogens is 1. The van der Waals surface area contributed by atoms with Crippen molar-refractivity contribution in [1.82, 2.24) is 9.03 Å². The van der Waals surface area contributed by atoms with Crippen LogP contribution in [0.5, 0.6) is 0 Å². The zero-order chi connectivity index (χ0) is 12.3. The molecular weight excluding hydrogens is 262 g/mol. The third kappa shape index (κ3) is 5.09. The van der Waals surface area contributed by atoms with Crippen LogP contribution >= 0.6 is 12.4 Å². The van der Waals surface area contributed by atoms with Gasteiger partial charge in [-0.25, -0.2) is 0 Å². The van der Waals surface area contributed by atoms with E-state index in [1.54, 1.807) is 0 Å². The Kier molecular flexibility index (Phi) is 6.94. The van der Waals surface area contributed by atoms with Crippen molar-refractivity contribution in [2.24, 2.45) is 11.7 Å². The summed E-state index contributed by atoms with van der Waals surface area (Å²) in [5.41, 5.74) is 5.83. The number of piperidine rings is 1. The molecule has 1 heterocycles. The Balaban J connectivity index is 0.00000256. The Morgan fingerprint density at radius 3 is 2.41 bits per heavy atom. The van der Waals surface area contributed by atoms with E-state index in [-0.39, 0.29) is 30.4 Å². The van der Waals surface area contributed by atoms with Crippen LogP contribution in [0, 0.1) is 5.92 Å². The molecule has 0 amide bonds. The van der Waals surface area contributed by atoms with Crippen molar-refractivity contribution >= 4 is 22.6 Å². The highest BCUT2D eigenvalue weighted by atomic mass is 35.5. The lowest BCUT2D eigenvalue weighted by atomic mass is 9.93. The summed E-state index contributed by atoms with van der Waals surface area (Å²) in [5.74, 6) is 0.275. The molecule has 1 saturated heterocycles. The first kappa shape index (κ1) is 17.1. The molecule has 0 aromatic carbocycles. The molecule has 104 valence electrons. The summed E-state index contributed by atoms with van der Waals surface area (Å²) < 4.78 is 28.0. The normalized spacial score (nSPS) is 24.4. The minimum Gasteiger partial charge on any atom is -0.328 e. The fourth-order valence-electron chi connectivity index (χ4n) is 1.99. The van der Waals surface area contributed by atoms with E-state index >= 15 is 0 Å². The van der Waals surface area contributed by atoms with Gasteiger partial charge in [0.2, 0.25) is 0 Å². The minimum atomic E-state index is -3.32. The van der Waals surface area contributed by atoms with Crippen LogP contribution in [0.1, 0.15) is 33.6 Å². The summed E-state index contributed by atoms with van der Waals surface area (Å²) in [6.45, 7) is 6.73. The number of nitrogens with two attached hydrogens (primary N) is 1. The highest BCUT2D eigenvalue weighted by Gasteiger charge is 2.30. The molecule has 1 aliphatic rings. The van der Waals surface area contributed by atoms with E-state index in [0.717, 1.165) is 12.8 Å². The second kappa shape index (κ2) is 6.89. The molecule has 0 bridgehead atoms. The number of hydrogen-bond donors (Lipinski definition) is 2. The molecule has 1 aliphatic heterocycles. The minimum absolute atomic E-state index is 0. The number of nitrogens with one attached hydrogen (secondary N) is 1. The third-order valence-corrected chi connectivity index (χ3v) is 4.67. The number of nitrogens with zero attached hydrogens (tertiary/aromatic N) is 1. The molecule has 0 aliphatic carbocycles. The fourth-order valence-corrected chi connectivity index (χ4v) is 3.50. The molecule has 5 nitrogen and oxygen atoms in total. The third-order valence-electron chi connectivity index (χ3n) is 2.89. The van der Waals surface area contributed by atoms with Gasteiger partial charge >= 0.3 is 0 Å². The molecule has 0 aromatic rings. The van der Waals surface area contributed by atoms with E-state index in [0.29, 0.717) is 13.1 Å². The molecular formula is C10H24ClN3O2S. The van der Waals surface area contributed by atoms with E-state index < -0.39 is 10.2 Å². The molecule has 7 heteroatoms. The fraction of sp³-hybridized carbons (Fsp3) is 1.00. The van der Waals surface area contributed by atoms with Crippen LogP contribution in [0.3, 0.4) is 0 Å². The topological polar surface area (TPSA) is 75.4 Å². The van der Waals surface area contributed by atoms with Crippen molar-refractivity contribution in [3.05, 3.63) is 0 Å². The predicted molar refractivity (Wildman–Crippen MR) is 72.4 cm³/mol. The van der Waals surface area contributed by atoms with Gasteiger partial charge in [-0.3, -0.25) is 0 Å². The lowest BCUT2D eigenvalue weighted by Crippen LogP contribution is -2.50. The van der Waals surface area contributed by atoms with Crippen molar-refractivity contribution in [2.45, 2.75) is 45.7 Å². The Morgan fingerprint density at radius 1 is 1.35 bits per heavy atom. The first-order valence-corrected chi connectivity index (χ1v) is 7.30. The Hall–Kier alpha value is 0.120. The van der Waals surface area contributed by atoms with Crippen LogP contribution < -0.4 is 10.5 Å². The van der Waals surface area contributed by atoms with Crippen molar-refractivity contribution < 1.29 is 8.42 Å². The molecule has 0 spiro atoms. The SMILES string of the molecule is CC(C)NS(=O)(=O)N1CCCC(C(C)N)C1.Cl. The summed E-state index contributed by atoms with van der Waals surface area (Å²) >= 11 is 0. The molecule has 0 radical (unpaired) electrons. The van der Waals surface area contributed by atoms with Crippen LogP contribution in [0.2, 0.25) is 0 Å². The highest BCUT2D eigenvalue weighted by molar-refractivity contribution is 7.87. The first-order valence-electron chi connectivity index (χ1n) is 5.86. The van der Waals surface area contributed by atoms with E-state index in [2.05, 4.69) is 4.72 Å². The summed E-state index contributed by atoms with van der Waals surface area (Å²) in [5, 5.41) is 0. The van der Waals surface area contributed by atoms with Crippen LogP contribution in [0.4, 0.5) is 0 Å². The number of hydrogen-bond acceptors (Lipinski definition) is 3. The highest BCUT2D eigenvalue weighted by Crippen LogP contribution is 2.20. The molecule has 0 saturated carbocycles. The van der Waals surface area contributed by atoms with Crippen molar-refractivity contribution in [1.29, 1.82) is 0 Å². The molecule has 3 N–H and O–H groups in total. The first-order chi connectivity index (χ1) is 7.33. The van der Waals surface area contributed by atoms with Crippen LogP contribution in [-0.2, 0) is 10.2 Å². The smallest absolute Gasteiger partial charge is 0.279 e. The lowest BCUT2D eigenvalue weighted by Gasteiger charge is -2.34. The van der Waals surface area contributed by atoms with Gasteiger partial charge in [-0.1, -0.05) is 0 Å². The van der Waals surface area contributed by atoms with E-state index in [1.165, 1.54) is 4.31 Å². The van der Waals surface area contributed by atoms with E-state index in [9.17, 15) is 8.42 Å². The second-order valence-electron chi connectivity index (χ2n) is 4.90. The molecule has 1 fully saturated rings. The maximum Gasteiger partial charge on any atom is 0.279 e. The maximum absolute atomic E-state index is 11.9. The van der Waals surface area contributed by atoms with Gasteiger partial charge in [0.05, 0.1) is 0 Å². The summed E-state index contributed by atoms with van der Waals surface area (Å²) in [7, 11) is -3.32. The standard InChI is InChI=1S/C10H23N3O2S.ClH/c1-8(2)12-16(14,15)13-6-4-5-10(7-13)9(3)11;/h8-10,12H,4-7,11H2,1-3H3;1H. The zero-order valence-corrected chi connectivity index (χ0v) is 12.4. The maximum atomic E-state index is 11.9. The van der Waals surface area contributed by atoms with E-state index in [1.807, 2.05) is 20.8 Å². The van der Waals surface area contributed by atoms with Crippen LogP contribution in [0.25, 0.3) is 0 Å². The Morgan fingerprint density at radius 2 is 1.94 bits per heavy atom. The van der Waals surface area contributed by atoms with Gasteiger partial charge in [0.1, 0.15) is 0 Å². The Labute approximate surface area is 111 Å². The molecule has 2 atom stereocenters. The summed E-state index contributed by atoms with van der Waals surface area (Å²) in [4.78, 5) is 0. The van der Waals surface area contributed by atoms with Crippen molar-refractivity contribution in [3.8, 4) is 0 Å². The van der Waals surface area contributed by atoms with Gasteiger partial charge in [-0.2, -0.15) is 17.4 Å². The van der Waals surface area contributed by atoms with Gasteiger partial charge in [0, 0.05) is 25.2 Å². The largest absolute Gasteiger partial charge is 0.328 e. The van der Waals surface area contributed by atoms with Crippen molar-refractivity contribution in [3.63, 3.8) is 0 Å². The zero-order valence-electron chi connectivity index (χ0n) is 10.7. The average Bonchev–Trinajstić information content (AvgIpc) is 2.16. The summed E-state index contributed by atoms with van der Waals surface area (Å²) in [6, 6.07) is -0.0160. The second-order valence-corrected chi connectivity index (χ2v) is 6.60. The average molecular weight is 286 g/mol. The summed E-state index contributed by atoms with van der Waals surface area (Å²) in [6.07, 6.45) is 1.91. The molecule has 1 rings (SSSR count). The van der Waals surface area contributed by atoms with Gasteiger partial charge in [-0.15, -0.1) is 12.4 Å².